The minimum Gasteiger partial charge on any atom is -0.394 e. The third-order valence-electron chi connectivity index (χ3n) is 11.9. The van der Waals surface area contributed by atoms with Crippen LogP contribution >= 0.6 is 68.6 Å². The second-order valence-electron chi connectivity index (χ2n) is 16.8. The summed E-state index contributed by atoms with van der Waals surface area (Å²) in [7, 11) is 0. The van der Waals surface area contributed by atoms with E-state index in [1.54, 1.807) is 46.0 Å². The van der Waals surface area contributed by atoms with Crippen LogP contribution in [-0.4, -0.2) is 300 Å². The highest BCUT2D eigenvalue weighted by atomic mass is 127. The molecule has 0 aromatic heterocycles. The van der Waals surface area contributed by atoms with Crippen molar-refractivity contribution in [3.05, 3.63) is 0 Å². The molecule has 0 amide bonds. The fourth-order valence-electron chi connectivity index (χ4n) is 8.56. The first kappa shape index (κ1) is 62.9. The van der Waals surface area contributed by atoms with E-state index in [1.807, 2.05) is 22.6 Å². The van der Waals surface area contributed by atoms with Gasteiger partial charge in [0.15, 0.2) is 31.5 Å². The standard InChI is InChI=1S/C40H69I3O28/c41-27-18(50)11-25(62-21(27)14-56-6-1-44)67-34-20(13-49)64-39(36(31(34)55)59-9-4-47)69-35-24(17-61-33-23(16-58-8-3-46)66-40(71-43)37(30(33)54)60-10-5-48)65-38(29(53)28(35)52)68-32-19(51)12-26(70-42)63-22(32)15-57-7-2-45/h18-40,44-55H,1-17H2/t18-,19-,20?,21?,22?,23?,24?,25+,26+,27+,28?,29+,30?,31?,32-,33+,34+,35+,36+,37+,38+,39+,40+/m1/s1. The summed E-state index contributed by atoms with van der Waals surface area (Å²) in [6.07, 6.45) is -31.0. The van der Waals surface area contributed by atoms with E-state index in [9.17, 15) is 61.3 Å². The maximum Gasteiger partial charge on any atom is 0.198 e. The summed E-state index contributed by atoms with van der Waals surface area (Å²) in [6, 6.07) is 0. The molecule has 0 aromatic carbocycles. The Morgan fingerprint density at radius 1 is 0.394 bits per heavy atom. The summed E-state index contributed by atoms with van der Waals surface area (Å²) >= 11 is 5.16. The molecule has 0 spiro atoms. The van der Waals surface area contributed by atoms with Crippen molar-refractivity contribution in [3.8, 4) is 0 Å². The van der Waals surface area contributed by atoms with Gasteiger partial charge in [0.2, 0.25) is 0 Å². The number of hydrogen-bond donors (Lipinski definition) is 12. The van der Waals surface area contributed by atoms with E-state index in [1.165, 1.54) is 0 Å². The number of halogens is 3. The van der Waals surface area contributed by atoms with E-state index in [0.717, 1.165) is 0 Å². The van der Waals surface area contributed by atoms with Crippen molar-refractivity contribution in [1.29, 1.82) is 0 Å². The van der Waals surface area contributed by atoms with E-state index >= 15 is 0 Å². The predicted octanol–water partition coefficient (Wildman–Crippen LogP) is -5.59. The molecule has 5 aliphatic rings. The lowest BCUT2D eigenvalue weighted by Gasteiger charge is -2.49. The molecule has 23 atom stereocenters. The molecule has 0 aliphatic carbocycles. The first-order chi connectivity index (χ1) is 34.3. The minimum absolute atomic E-state index is 0.0101. The van der Waals surface area contributed by atoms with Gasteiger partial charge in [0.05, 0.1) is 121 Å². The van der Waals surface area contributed by atoms with Crippen LogP contribution in [0.25, 0.3) is 0 Å². The number of aliphatic hydroxyl groups is 12. The van der Waals surface area contributed by atoms with Crippen LogP contribution in [-0.2, 0) is 72.4 Å². The van der Waals surface area contributed by atoms with Crippen molar-refractivity contribution < 1.29 is 134 Å². The lowest BCUT2D eigenvalue weighted by molar-refractivity contribution is -0.384. The van der Waals surface area contributed by atoms with Gasteiger partial charge in [-0.1, -0.05) is 22.6 Å². The maximum atomic E-state index is 12.0. The van der Waals surface area contributed by atoms with E-state index < -0.39 is 172 Å². The first-order valence-electron chi connectivity index (χ1n) is 23.0. The lowest BCUT2D eigenvalue weighted by Crippen LogP contribution is -2.67. The average Bonchev–Trinajstić information content (AvgIpc) is 3.36. The number of alkyl halides is 1. The van der Waals surface area contributed by atoms with E-state index in [2.05, 4.69) is 0 Å². The summed E-state index contributed by atoms with van der Waals surface area (Å²) in [5.74, 6) is 0. The van der Waals surface area contributed by atoms with Gasteiger partial charge in [-0.05, 0) is 0 Å². The van der Waals surface area contributed by atoms with Crippen LogP contribution < -0.4 is 0 Å². The second-order valence-corrected chi connectivity index (χ2v) is 19.3. The minimum atomic E-state index is -1.99. The molecule has 31 heteroatoms. The van der Waals surface area contributed by atoms with Gasteiger partial charge in [-0.25, -0.2) is 0 Å². The molecule has 5 heterocycles. The summed E-state index contributed by atoms with van der Waals surface area (Å²) < 4.78 is 93.6. The summed E-state index contributed by atoms with van der Waals surface area (Å²) in [4.78, 5) is 0. The quantitative estimate of drug-likeness (QED) is 0.0181. The highest BCUT2D eigenvalue weighted by Crippen LogP contribution is 2.37. The number of hydrogen-bond acceptors (Lipinski definition) is 28. The van der Waals surface area contributed by atoms with E-state index in [0.29, 0.717) is 0 Å². The Balaban J connectivity index is 1.44. The molecule has 71 heavy (non-hydrogen) atoms. The highest BCUT2D eigenvalue weighted by molar-refractivity contribution is 14.1. The number of rotatable bonds is 30. The molecule has 5 saturated heterocycles. The molecule has 12 N–H and O–H groups in total. The van der Waals surface area contributed by atoms with Gasteiger partial charge < -0.3 is 128 Å². The van der Waals surface area contributed by atoms with Crippen LogP contribution in [0.3, 0.4) is 0 Å². The monoisotopic (exact) mass is 1380 g/mol. The Morgan fingerprint density at radius 3 is 1.45 bits per heavy atom. The van der Waals surface area contributed by atoms with Gasteiger partial charge >= 0.3 is 0 Å². The van der Waals surface area contributed by atoms with Gasteiger partial charge in [-0.3, -0.25) is 6.13 Å². The fourth-order valence-corrected chi connectivity index (χ4v) is 9.97. The summed E-state index contributed by atoms with van der Waals surface area (Å²) in [5, 5.41) is 127. The van der Waals surface area contributed by atoms with Crippen LogP contribution in [0.4, 0.5) is 0 Å². The molecule has 5 rings (SSSR count). The van der Waals surface area contributed by atoms with Crippen molar-refractivity contribution in [3.63, 3.8) is 0 Å². The van der Waals surface area contributed by atoms with Crippen LogP contribution in [0.2, 0.25) is 0 Å². The maximum absolute atomic E-state index is 12.0. The Bertz CT molecular complexity index is 1440. The fraction of sp³-hybridized carbons (Fsp3) is 1.00. The zero-order valence-electron chi connectivity index (χ0n) is 38.3. The first-order valence-corrected chi connectivity index (χ1v) is 26.0. The van der Waals surface area contributed by atoms with Crippen LogP contribution in [0, 0.1) is 0 Å². The van der Waals surface area contributed by atoms with Crippen LogP contribution in [0.1, 0.15) is 12.8 Å². The van der Waals surface area contributed by atoms with Crippen molar-refractivity contribution in [2.75, 3.05) is 99.1 Å². The Hall–Kier alpha value is 1.07. The van der Waals surface area contributed by atoms with Gasteiger partial charge in [-0.2, -0.15) is 0 Å². The highest BCUT2D eigenvalue weighted by Gasteiger charge is 2.56. The molecule has 28 nitrogen and oxygen atoms in total. The normalized spacial score (nSPS) is 42.4. The zero-order chi connectivity index (χ0) is 51.6. The van der Waals surface area contributed by atoms with Crippen molar-refractivity contribution >= 4 is 68.6 Å². The third-order valence-corrected chi connectivity index (χ3v) is 14.6. The molecular formula is C40H69I3O28. The summed E-state index contributed by atoms with van der Waals surface area (Å²) in [5.41, 5.74) is 0. The van der Waals surface area contributed by atoms with E-state index in [4.69, 9.17) is 72.4 Å². The largest absolute Gasteiger partial charge is 0.394 e. The van der Waals surface area contributed by atoms with Gasteiger partial charge in [0.1, 0.15) is 131 Å². The average molecular weight is 1380 g/mol. The van der Waals surface area contributed by atoms with Crippen LogP contribution in [0.5, 0.6) is 0 Å². The molecule has 0 aromatic rings. The molecule has 5 aliphatic heterocycles. The second kappa shape index (κ2) is 32.8. The van der Waals surface area contributed by atoms with E-state index in [-0.39, 0.29) is 78.9 Å². The molecule has 0 bridgehead atoms. The topological polar surface area (TPSA) is 390 Å². The third kappa shape index (κ3) is 17.5. The lowest BCUT2D eigenvalue weighted by atomic mass is 9.95. The molecule has 0 saturated carbocycles. The SMILES string of the molecule is OCCOCC1O[C@@H](OI)[C@@H](OCCO)C(O)[C@H]1OCC1O[C@@H](O[C@H]2C(COCCO)O[C@@H](OI)C[C@H]2O)[C@@H](O)C(O)[C@H]1O[C@@H]1OC(CO)[C@H](O[C@H]2C[C@@H](O)[C@H](I)C(COCCO)O2)C(O)[C@@H]1OCCO. The van der Waals surface area contributed by atoms with Gasteiger partial charge in [0, 0.05) is 12.8 Å². The van der Waals surface area contributed by atoms with Crippen LogP contribution in [0.15, 0.2) is 0 Å². The van der Waals surface area contributed by atoms with Crippen molar-refractivity contribution in [1.82, 2.24) is 0 Å². The van der Waals surface area contributed by atoms with Gasteiger partial charge in [-0.15, -0.1) is 0 Å². The number of ether oxygens (including phenoxy) is 14. The van der Waals surface area contributed by atoms with Crippen molar-refractivity contribution in [2.45, 2.75) is 152 Å². The predicted molar refractivity (Wildman–Crippen MR) is 255 cm³/mol. The Labute approximate surface area is 450 Å². The Morgan fingerprint density at radius 2 is 0.873 bits per heavy atom. The van der Waals surface area contributed by atoms with Gasteiger partial charge in [0.25, 0.3) is 0 Å². The zero-order valence-corrected chi connectivity index (χ0v) is 44.8. The number of aliphatic hydroxyl groups excluding tert-OH is 12. The molecule has 418 valence electrons. The smallest absolute Gasteiger partial charge is 0.198 e. The summed E-state index contributed by atoms with van der Waals surface area (Å²) in [6.45, 7) is -4.65. The molecule has 8 unspecified atom stereocenters. The van der Waals surface area contributed by atoms with Crippen molar-refractivity contribution in [2.24, 2.45) is 0 Å². The molecule has 0 radical (unpaired) electrons. The Kier molecular flexibility index (Phi) is 29.1. The molecular weight excluding hydrogens is 1310 g/mol. The molecule has 5 fully saturated rings.